The van der Waals surface area contributed by atoms with Crippen molar-refractivity contribution in [1.82, 2.24) is 9.97 Å². The van der Waals surface area contributed by atoms with Crippen molar-refractivity contribution in [2.24, 2.45) is 0 Å². The molecule has 0 saturated heterocycles. The Bertz CT molecular complexity index is 1500. The molecule has 4 rings (SSSR count). The number of carbonyl (C=O) groups excluding carboxylic acids is 3. The van der Waals surface area contributed by atoms with Gasteiger partial charge in [-0.15, -0.1) is 0 Å². The lowest BCUT2D eigenvalue weighted by Crippen LogP contribution is -2.15. The Labute approximate surface area is 230 Å². The number of amides is 2. The number of aldehydes is 1. The first-order chi connectivity index (χ1) is 18.9. The average Bonchev–Trinajstić information content (AvgIpc) is 2.96. The van der Waals surface area contributed by atoms with Gasteiger partial charge in [-0.3, -0.25) is 24.4 Å². The van der Waals surface area contributed by atoms with Crippen molar-refractivity contribution in [3.8, 4) is 11.1 Å². The van der Waals surface area contributed by atoms with Gasteiger partial charge >= 0.3 is 0 Å². The van der Waals surface area contributed by atoms with Gasteiger partial charge in [0.15, 0.2) is 12.6 Å². The number of aromatic nitrogens is 2. The molecule has 39 heavy (non-hydrogen) atoms. The zero-order valence-corrected chi connectivity index (χ0v) is 22.2. The molecule has 9 nitrogen and oxygen atoms in total. The van der Waals surface area contributed by atoms with Crippen molar-refractivity contribution in [2.75, 3.05) is 24.9 Å². The maximum atomic E-state index is 12.9. The lowest BCUT2D eigenvalue weighted by Gasteiger charge is -2.16. The van der Waals surface area contributed by atoms with Crippen LogP contribution in [0.5, 0.6) is 0 Å². The lowest BCUT2D eigenvalue weighted by molar-refractivity contribution is -0.106. The molecule has 0 radical (unpaired) electrons. The summed E-state index contributed by atoms with van der Waals surface area (Å²) in [6.45, 7) is 1.86. The smallest absolute Gasteiger partial charge is 0.274 e. The highest BCUT2D eigenvalue weighted by Crippen LogP contribution is 2.37. The first-order valence-corrected chi connectivity index (χ1v) is 12.2. The number of ether oxygens (including phenoxy) is 2. The summed E-state index contributed by atoms with van der Waals surface area (Å²) in [6.07, 6.45) is 2.93. The fourth-order valence-electron chi connectivity index (χ4n) is 3.93. The van der Waals surface area contributed by atoms with E-state index in [1.54, 1.807) is 36.4 Å². The molecule has 0 aliphatic heterocycles. The van der Waals surface area contributed by atoms with Crippen LogP contribution in [-0.2, 0) is 9.47 Å². The molecule has 198 valence electrons. The lowest BCUT2D eigenvalue weighted by atomic mass is 9.98. The van der Waals surface area contributed by atoms with Crippen LogP contribution in [0.15, 0.2) is 73.1 Å². The highest BCUT2D eigenvalue weighted by atomic mass is 35.5. The molecule has 0 spiro atoms. The minimum Gasteiger partial charge on any atom is -0.352 e. The molecule has 2 N–H and O–H groups in total. The first kappa shape index (κ1) is 27.6. The van der Waals surface area contributed by atoms with Crippen LogP contribution in [0.25, 0.3) is 11.1 Å². The number of methoxy groups -OCH3 is 2. The van der Waals surface area contributed by atoms with E-state index in [4.69, 9.17) is 21.1 Å². The standard InChI is InChI=1S/C29H25ClN4O5/c1-17-20(6-4-8-22(17)33-27(36)25-13-11-19(15-32-25)29(38-2)39-3)21-7-5-9-23(26(21)30)34-28(37)24-12-10-18(16-35)14-31-24/h4-16,29H,1-3H3,(H,33,36)(H,34,37). The molecule has 0 fully saturated rings. The highest BCUT2D eigenvalue weighted by Gasteiger charge is 2.17. The van der Waals surface area contributed by atoms with Gasteiger partial charge in [0.2, 0.25) is 0 Å². The molecule has 2 amide bonds. The minimum atomic E-state index is -0.571. The highest BCUT2D eigenvalue weighted by molar-refractivity contribution is 6.36. The van der Waals surface area contributed by atoms with Gasteiger partial charge in [0.25, 0.3) is 11.8 Å². The summed E-state index contributed by atoms with van der Waals surface area (Å²) in [4.78, 5) is 44.7. The van der Waals surface area contributed by atoms with Crippen molar-refractivity contribution in [2.45, 2.75) is 13.2 Å². The van der Waals surface area contributed by atoms with Crippen molar-refractivity contribution in [3.63, 3.8) is 0 Å². The molecule has 0 bridgehead atoms. The van der Waals surface area contributed by atoms with Gasteiger partial charge in [0.1, 0.15) is 11.4 Å². The molecular formula is C29H25ClN4O5. The molecule has 0 unspecified atom stereocenters. The molecular weight excluding hydrogens is 520 g/mol. The van der Waals surface area contributed by atoms with E-state index in [0.717, 1.165) is 11.1 Å². The van der Waals surface area contributed by atoms with E-state index >= 15 is 0 Å². The summed E-state index contributed by atoms with van der Waals surface area (Å²) in [5, 5.41) is 5.99. The van der Waals surface area contributed by atoms with E-state index in [1.165, 1.54) is 38.7 Å². The van der Waals surface area contributed by atoms with Crippen molar-refractivity contribution >= 4 is 41.1 Å². The van der Waals surface area contributed by atoms with Gasteiger partial charge in [-0.05, 0) is 48.4 Å². The first-order valence-electron chi connectivity index (χ1n) is 11.8. The van der Waals surface area contributed by atoms with E-state index in [2.05, 4.69) is 20.6 Å². The fourth-order valence-corrected chi connectivity index (χ4v) is 4.20. The number of nitrogens with one attached hydrogen (secondary N) is 2. The average molecular weight is 545 g/mol. The maximum Gasteiger partial charge on any atom is 0.274 e. The van der Waals surface area contributed by atoms with Crippen LogP contribution in [0.2, 0.25) is 5.02 Å². The van der Waals surface area contributed by atoms with Gasteiger partial charge in [0.05, 0.1) is 10.7 Å². The van der Waals surface area contributed by atoms with Gasteiger partial charge in [-0.1, -0.05) is 41.9 Å². The van der Waals surface area contributed by atoms with Crippen LogP contribution in [-0.4, -0.2) is 42.3 Å². The van der Waals surface area contributed by atoms with Crippen LogP contribution in [0.1, 0.15) is 48.8 Å². The van der Waals surface area contributed by atoms with E-state index in [1.807, 2.05) is 19.1 Å². The zero-order valence-electron chi connectivity index (χ0n) is 21.4. The second-order valence-corrected chi connectivity index (χ2v) is 8.81. The molecule has 2 heterocycles. The number of pyridine rings is 2. The summed E-state index contributed by atoms with van der Waals surface area (Å²) in [6, 6.07) is 17.0. The molecule has 0 aliphatic rings. The SMILES string of the molecule is COC(OC)c1ccc(C(=O)Nc2cccc(-c3cccc(NC(=O)c4ccc(C=O)cn4)c3Cl)c2C)nc1. The van der Waals surface area contributed by atoms with Crippen molar-refractivity contribution in [1.29, 1.82) is 0 Å². The number of halogens is 1. The molecule has 10 heteroatoms. The number of anilines is 2. The third-order valence-corrected chi connectivity index (χ3v) is 6.40. The number of rotatable bonds is 9. The number of benzene rings is 2. The van der Waals surface area contributed by atoms with E-state index in [9.17, 15) is 14.4 Å². The summed E-state index contributed by atoms with van der Waals surface area (Å²) in [5.74, 6) is -0.849. The van der Waals surface area contributed by atoms with Crippen molar-refractivity contribution < 1.29 is 23.9 Å². The predicted molar refractivity (Wildman–Crippen MR) is 148 cm³/mol. The largest absolute Gasteiger partial charge is 0.352 e. The monoisotopic (exact) mass is 544 g/mol. The number of hydrogen-bond acceptors (Lipinski definition) is 7. The third kappa shape index (κ3) is 6.18. The Morgan fingerprint density at radius 2 is 1.41 bits per heavy atom. The fraction of sp³-hybridized carbons (Fsp3) is 0.138. The quantitative estimate of drug-likeness (QED) is 0.204. The molecule has 0 aliphatic carbocycles. The normalized spacial score (nSPS) is 10.8. The Kier molecular flexibility index (Phi) is 8.77. The third-order valence-electron chi connectivity index (χ3n) is 5.99. The Balaban J connectivity index is 1.55. The Morgan fingerprint density at radius 3 is 1.97 bits per heavy atom. The summed E-state index contributed by atoms with van der Waals surface area (Å²) < 4.78 is 10.4. The van der Waals surface area contributed by atoms with Crippen LogP contribution in [0.4, 0.5) is 11.4 Å². The Morgan fingerprint density at radius 1 is 0.821 bits per heavy atom. The van der Waals surface area contributed by atoms with Crippen LogP contribution in [0, 0.1) is 6.92 Å². The summed E-state index contributed by atoms with van der Waals surface area (Å²) in [5.41, 5.74) is 4.62. The molecule has 0 atom stereocenters. The number of hydrogen-bond donors (Lipinski definition) is 2. The predicted octanol–water partition coefficient (Wildman–Crippen LogP) is 5.71. The number of carbonyl (C=O) groups is 3. The van der Waals surface area contributed by atoms with Crippen molar-refractivity contribution in [3.05, 3.63) is 106 Å². The summed E-state index contributed by atoms with van der Waals surface area (Å²) >= 11 is 6.71. The van der Waals surface area contributed by atoms with Crippen LogP contribution in [0.3, 0.4) is 0 Å². The zero-order chi connectivity index (χ0) is 27.9. The Hall–Kier alpha value is -4.44. The van der Waals surface area contributed by atoms with Gasteiger partial charge in [-0.25, -0.2) is 0 Å². The maximum absolute atomic E-state index is 12.9. The van der Waals surface area contributed by atoms with Gasteiger partial charge in [0, 0.05) is 49.0 Å². The van der Waals surface area contributed by atoms with Gasteiger partial charge < -0.3 is 20.1 Å². The van der Waals surface area contributed by atoms with Gasteiger partial charge in [-0.2, -0.15) is 0 Å². The minimum absolute atomic E-state index is 0.143. The second kappa shape index (κ2) is 12.4. The van der Waals surface area contributed by atoms with E-state index in [0.29, 0.717) is 39.4 Å². The molecule has 2 aromatic carbocycles. The molecule has 2 aromatic heterocycles. The van der Waals surface area contributed by atoms with Crippen LogP contribution >= 0.6 is 11.6 Å². The topological polar surface area (TPSA) is 120 Å². The van der Waals surface area contributed by atoms with E-state index < -0.39 is 12.2 Å². The summed E-state index contributed by atoms with van der Waals surface area (Å²) in [7, 11) is 3.04. The number of nitrogens with zero attached hydrogens (tertiary/aromatic N) is 2. The molecule has 4 aromatic rings. The van der Waals surface area contributed by atoms with Crippen LogP contribution < -0.4 is 10.6 Å². The van der Waals surface area contributed by atoms with E-state index in [-0.39, 0.29) is 17.3 Å². The molecule has 0 saturated carbocycles. The second-order valence-electron chi connectivity index (χ2n) is 8.43.